The van der Waals surface area contributed by atoms with Gasteiger partial charge in [-0.3, -0.25) is 0 Å². The Kier molecular flexibility index (Phi) is 5.00. The first-order chi connectivity index (χ1) is 7.06. The average molecular weight is 260 g/mol. The Morgan fingerprint density at radius 2 is 1.69 bits per heavy atom. The van der Waals surface area contributed by atoms with Crippen LogP contribution in [0.3, 0.4) is 0 Å². The molecule has 0 amide bonds. The van der Waals surface area contributed by atoms with E-state index in [-0.39, 0.29) is 6.08 Å². The summed E-state index contributed by atoms with van der Waals surface area (Å²) >= 11 is 3.47. The Bertz CT molecular complexity index is 338. The summed E-state index contributed by atoms with van der Waals surface area (Å²) < 4.78 is 71.8. The molecule has 0 fully saturated rings. The van der Waals surface area contributed by atoms with Gasteiger partial charge in [-0.1, -0.05) is 12.0 Å². The molecule has 0 unspecified atom stereocenters. The standard InChI is InChI=1S/C9H6F6S/c1-2-7(16)5-6(9(13,14)15)3-4-8(10,11)12/h1,3,5,16H,4H2/b6-3+,7-5+. The van der Waals surface area contributed by atoms with Crippen LogP contribution in [0.5, 0.6) is 0 Å². The van der Waals surface area contributed by atoms with Crippen LogP contribution in [-0.4, -0.2) is 12.4 Å². The van der Waals surface area contributed by atoms with Gasteiger partial charge in [-0.05, 0) is 6.08 Å². The van der Waals surface area contributed by atoms with Gasteiger partial charge in [-0.2, -0.15) is 26.3 Å². The maximum atomic E-state index is 12.2. The van der Waals surface area contributed by atoms with E-state index in [0.29, 0.717) is 6.08 Å². The first-order valence-corrected chi connectivity index (χ1v) is 4.22. The van der Waals surface area contributed by atoms with Gasteiger partial charge in [0.05, 0.1) is 16.9 Å². The minimum absolute atomic E-state index is 0.0214. The van der Waals surface area contributed by atoms with Crippen LogP contribution < -0.4 is 0 Å². The van der Waals surface area contributed by atoms with Crippen LogP contribution in [0, 0.1) is 12.3 Å². The molecule has 0 aromatic heterocycles. The zero-order valence-corrected chi connectivity index (χ0v) is 8.55. The second kappa shape index (κ2) is 5.34. The molecule has 0 rings (SSSR count). The summed E-state index contributed by atoms with van der Waals surface area (Å²) in [5.41, 5.74) is -1.47. The van der Waals surface area contributed by atoms with Crippen LogP contribution in [0.4, 0.5) is 26.3 Å². The van der Waals surface area contributed by atoms with Crippen molar-refractivity contribution in [2.45, 2.75) is 18.8 Å². The monoisotopic (exact) mass is 260 g/mol. The number of terminal acetylenes is 1. The van der Waals surface area contributed by atoms with E-state index in [1.54, 1.807) is 5.92 Å². The normalized spacial score (nSPS) is 14.9. The smallest absolute Gasteiger partial charge is 0.171 e. The van der Waals surface area contributed by atoms with Crippen molar-refractivity contribution in [3.8, 4) is 12.3 Å². The molecule has 0 bridgehead atoms. The van der Waals surface area contributed by atoms with Crippen molar-refractivity contribution >= 4 is 12.6 Å². The quantitative estimate of drug-likeness (QED) is 0.331. The molecule has 0 heterocycles. The highest BCUT2D eigenvalue weighted by atomic mass is 32.1. The van der Waals surface area contributed by atoms with Crippen LogP contribution in [-0.2, 0) is 0 Å². The zero-order valence-electron chi connectivity index (χ0n) is 7.65. The molecule has 0 N–H and O–H groups in total. The van der Waals surface area contributed by atoms with E-state index in [4.69, 9.17) is 6.42 Å². The molecule has 0 aliphatic carbocycles. The van der Waals surface area contributed by atoms with E-state index in [0.717, 1.165) is 0 Å². The lowest BCUT2D eigenvalue weighted by molar-refractivity contribution is -0.126. The summed E-state index contributed by atoms with van der Waals surface area (Å²) in [6, 6.07) is 0. The highest BCUT2D eigenvalue weighted by molar-refractivity contribution is 7.84. The number of alkyl halides is 6. The summed E-state index contributed by atoms with van der Waals surface area (Å²) in [7, 11) is 0. The summed E-state index contributed by atoms with van der Waals surface area (Å²) in [4.78, 5) is -0.397. The van der Waals surface area contributed by atoms with E-state index in [1.165, 1.54) is 0 Å². The van der Waals surface area contributed by atoms with Gasteiger partial charge >= 0.3 is 12.4 Å². The molecule has 90 valence electrons. The minimum atomic E-state index is -4.89. The molecular formula is C9H6F6S. The van der Waals surface area contributed by atoms with E-state index in [1.807, 2.05) is 0 Å². The molecule has 0 aromatic rings. The molecule has 0 saturated heterocycles. The molecular weight excluding hydrogens is 254 g/mol. The summed E-state index contributed by atoms with van der Waals surface area (Å²) in [6.45, 7) is 0. The Morgan fingerprint density at radius 3 is 2.00 bits per heavy atom. The molecule has 0 saturated carbocycles. The van der Waals surface area contributed by atoms with Crippen LogP contribution in [0.25, 0.3) is 0 Å². The van der Waals surface area contributed by atoms with Gasteiger partial charge in [-0.25, -0.2) is 0 Å². The van der Waals surface area contributed by atoms with Crippen molar-refractivity contribution in [1.29, 1.82) is 0 Å². The van der Waals surface area contributed by atoms with Crippen LogP contribution in [0.2, 0.25) is 0 Å². The predicted octanol–water partition coefficient (Wildman–Crippen LogP) is 3.87. The summed E-state index contributed by atoms with van der Waals surface area (Å²) in [5.74, 6) is 1.77. The molecule has 16 heavy (non-hydrogen) atoms. The van der Waals surface area contributed by atoms with E-state index in [9.17, 15) is 26.3 Å². The van der Waals surface area contributed by atoms with Gasteiger partial charge in [0, 0.05) is 0 Å². The molecule has 0 spiro atoms. The van der Waals surface area contributed by atoms with Gasteiger partial charge in [0.25, 0.3) is 0 Å². The fourth-order valence-corrected chi connectivity index (χ4v) is 0.810. The second-order valence-corrected chi connectivity index (χ2v) is 3.13. The summed E-state index contributed by atoms with van der Waals surface area (Å²) in [5, 5.41) is 0. The Hall–Kier alpha value is -1.03. The van der Waals surface area contributed by atoms with Gasteiger partial charge in [0.1, 0.15) is 0 Å². The largest absolute Gasteiger partial charge is 0.416 e. The number of allylic oxidation sites excluding steroid dienone is 4. The highest BCUT2D eigenvalue weighted by Crippen LogP contribution is 2.30. The minimum Gasteiger partial charge on any atom is -0.171 e. The number of rotatable bonds is 2. The van der Waals surface area contributed by atoms with E-state index in [2.05, 4.69) is 12.6 Å². The average Bonchev–Trinajstić information content (AvgIpc) is 2.08. The van der Waals surface area contributed by atoms with Crippen molar-refractivity contribution in [2.75, 3.05) is 0 Å². The van der Waals surface area contributed by atoms with Gasteiger partial charge in [0.15, 0.2) is 0 Å². The predicted molar refractivity (Wildman–Crippen MR) is 50.7 cm³/mol. The molecule has 0 atom stereocenters. The third-order valence-electron chi connectivity index (χ3n) is 1.32. The third-order valence-corrected chi connectivity index (χ3v) is 1.58. The van der Waals surface area contributed by atoms with Gasteiger partial charge in [0.2, 0.25) is 0 Å². The molecule has 0 aromatic carbocycles. The van der Waals surface area contributed by atoms with Crippen molar-refractivity contribution in [2.24, 2.45) is 0 Å². The maximum absolute atomic E-state index is 12.2. The second-order valence-electron chi connectivity index (χ2n) is 2.65. The Labute approximate surface area is 93.4 Å². The third kappa shape index (κ3) is 6.45. The highest BCUT2D eigenvalue weighted by Gasteiger charge is 2.34. The maximum Gasteiger partial charge on any atom is 0.416 e. The number of hydrogen-bond acceptors (Lipinski definition) is 1. The van der Waals surface area contributed by atoms with E-state index < -0.39 is 29.3 Å². The van der Waals surface area contributed by atoms with Crippen LogP contribution >= 0.6 is 12.6 Å². The lowest BCUT2D eigenvalue weighted by Gasteiger charge is -2.09. The zero-order chi connectivity index (χ0) is 13.0. The lowest BCUT2D eigenvalue weighted by atomic mass is 10.2. The summed E-state index contributed by atoms with van der Waals surface area (Å²) in [6.07, 6.45) is -6.14. The molecule has 0 aliphatic heterocycles. The SMILES string of the molecule is C#C/C(S)=C\C(=C/CC(F)(F)F)C(F)(F)F. The lowest BCUT2D eigenvalue weighted by Crippen LogP contribution is -2.12. The number of halogens is 6. The molecule has 0 nitrogen and oxygen atoms in total. The van der Waals surface area contributed by atoms with E-state index >= 15 is 0 Å². The first-order valence-electron chi connectivity index (χ1n) is 3.77. The first kappa shape index (κ1) is 15.0. The molecule has 7 heteroatoms. The Balaban J connectivity index is 5.07. The number of thiol groups is 1. The Morgan fingerprint density at radius 1 is 1.19 bits per heavy atom. The van der Waals surface area contributed by atoms with Crippen molar-refractivity contribution in [3.05, 3.63) is 22.6 Å². The van der Waals surface area contributed by atoms with Gasteiger partial charge < -0.3 is 0 Å². The topological polar surface area (TPSA) is 0 Å². The van der Waals surface area contributed by atoms with Gasteiger partial charge in [-0.15, -0.1) is 19.1 Å². The fraction of sp³-hybridized carbons (Fsp3) is 0.333. The molecule has 0 radical (unpaired) electrons. The van der Waals surface area contributed by atoms with Crippen molar-refractivity contribution in [1.82, 2.24) is 0 Å². The van der Waals surface area contributed by atoms with Crippen molar-refractivity contribution in [3.63, 3.8) is 0 Å². The van der Waals surface area contributed by atoms with Crippen LogP contribution in [0.1, 0.15) is 6.42 Å². The molecule has 0 aliphatic rings. The van der Waals surface area contributed by atoms with Crippen molar-refractivity contribution < 1.29 is 26.3 Å². The van der Waals surface area contributed by atoms with Crippen LogP contribution in [0.15, 0.2) is 22.6 Å². The number of hydrogen-bond donors (Lipinski definition) is 1. The fourth-order valence-electron chi connectivity index (χ4n) is 0.671.